The van der Waals surface area contributed by atoms with Crippen LogP contribution in [0.4, 0.5) is 0 Å². The molecule has 0 bridgehead atoms. The highest BCUT2D eigenvalue weighted by Crippen LogP contribution is 2.23. The summed E-state index contributed by atoms with van der Waals surface area (Å²) in [5.41, 5.74) is 0. The zero-order valence-electron chi connectivity index (χ0n) is 11.0. The van der Waals surface area contributed by atoms with Crippen LogP contribution in [0.2, 0.25) is 5.02 Å². The molecule has 100 valence electrons. The molecule has 1 aliphatic carbocycles. The van der Waals surface area contributed by atoms with E-state index in [2.05, 4.69) is 12.2 Å². The van der Waals surface area contributed by atoms with E-state index in [9.17, 15) is 0 Å². The van der Waals surface area contributed by atoms with Crippen LogP contribution in [0.5, 0.6) is 5.75 Å². The van der Waals surface area contributed by atoms with Crippen LogP contribution in [-0.2, 0) is 0 Å². The fourth-order valence-corrected chi connectivity index (χ4v) is 2.63. The molecule has 0 saturated heterocycles. The van der Waals surface area contributed by atoms with Crippen LogP contribution in [-0.4, -0.2) is 19.2 Å². The molecule has 0 spiro atoms. The van der Waals surface area contributed by atoms with E-state index < -0.39 is 0 Å². The van der Waals surface area contributed by atoms with Crippen molar-refractivity contribution >= 4 is 11.6 Å². The summed E-state index contributed by atoms with van der Waals surface area (Å²) in [5.74, 6) is 1.76. The Kier molecular flexibility index (Phi) is 5.33. The van der Waals surface area contributed by atoms with Crippen LogP contribution in [0.25, 0.3) is 0 Å². The molecule has 0 amide bonds. The van der Waals surface area contributed by atoms with E-state index in [-0.39, 0.29) is 0 Å². The Balaban J connectivity index is 1.61. The Morgan fingerprint density at radius 2 is 2.06 bits per heavy atom. The molecular weight excluding hydrogens is 246 g/mol. The van der Waals surface area contributed by atoms with Crippen LogP contribution in [0.3, 0.4) is 0 Å². The largest absolute Gasteiger partial charge is 0.492 e. The lowest BCUT2D eigenvalue weighted by molar-refractivity contribution is 0.270. The monoisotopic (exact) mass is 267 g/mol. The van der Waals surface area contributed by atoms with Gasteiger partial charge in [-0.25, -0.2) is 0 Å². The van der Waals surface area contributed by atoms with Gasteiger partial charge in [0.15, 0.2) is 0 Å². The Morgan fingerprint density at radius 3 is 2.78 bits per heavy atom. The van der Waals surface area contributed by atoms with Crippen molar-refractivity contribution in [3.05, 3.63) is 29.3 Å². The predicted octanol–water partition coefficient (Wildman–Crippen LogP) is 3.89. The summed E-state index contributed by atoms with van der Waals surface area (Å²) in [5, 5.41) is 4.29. The lowest BCUT2D eigenvalue weighted by Crippen LogP contribution is -2.35. The molecule has 1 aromatic rings. The molecule has 3 heteroatoms. The third kappa shape index (κ3) is 4.51. The van der Waals surface area contributed by atoms with E-state index in [1.165, 1.54) is 25.7 Å². The number of halogens is 1. The lowest BCUT2D eigenvalue weighted by atomic mass is 9.87. The van der Waals surface area contributed by atoms with Crippen LogP contribution in [0.1, 0.15) is 32.6 Å². The van der Waals surface area contributed by atoms with Gasteiger partial charge >= 0.3 is 0 Å². The van der Waals surface area contributed by atoms with Gasteiger partial charge in [-0.2, -0.15) is 0 Å². The van der Waals surface area contributed by atoms with Crippen molar-refractivity contribution in [3.8, 4) is 5.75 Å². The summed E-state index contributed by atoms with van der Waals surface area (Å²) in [6.45, 7) is 3.95. The number of hydrogen-bond acceptors (Lipinski definition) is 2. The van der Waals surface area contributed by atoms with Crippen molar-refractivity contribution in [1.29, 1.82) is 0 Å². The summed E-state index contributed by atoms with van der Waals surface area (Å²) in [6, 6.07) is 8.24. The zero-order valence-corrected chi connectivity index (χ0v) is 11.7. The summed E-state index contributed by atoms with van der Waals surface area (Å²) in [4.78, 5) is 0. The van der Waals surface area contributed by atoms with E-state index in [0.29, 0.717) is 12.6 Å². The Hall–Kier alpha value is -0.730. The van der Waals surface area contributed by atoms with Gasteiger partial charge in [0.1, 0.15) is 12.4 Å². The molecule has 2 rings (SSSR count). The van der Waals surface area contributed by atoms with Crippen LogP contribution in [0.15, 0.2) is 24.3 Å². The van der Waals surface area contributed by atoms with Gasteiger partial charge in [0.05, 0.1) is 0 Å². The van der Waals surface area contributed by atoms with E-state index in [1.54, 1.807) is 0 Å². The van der Waals surface area contributed by atoms with Gasteiger partial charge in [-0.05, 0) is 49.8 Å². The van der Waals surface area contributed by atoms with Gasteiger partial charge < -0.3 is 10.1 Å². The third-order valence-corrected chi connectivity index (χ3v) is 3.85. The molecule has 1 saturated carbocycles. The molecule has 0 unspecified atom stereocenters. The number of nitrogens with one attached hydrogen (secondary N) is 1. The molecule has 1 fully saturated rings. The quantitative estimate of drug-likeness (QED) is 0.818. The molecule has 0 heterocycles. The van der Waals surface area contributed by atoms with Crippen molar-refractivity contribution in [2.24, 2.45) is 5.92 Å². The van der Waals surface area contributed by atoms with Crippen molar-refractivity contribution in [2.45, 2.75) is 38.6 Å². The number of rotatable bonds is 5. The average molecular weight is 268 g/mol. The standard InChI is InChI=1S/C15H22ClNO/c1-12-5-7-14(8-6-12)17-9-10-18-15-4-2-3-13(16)11-15/h2-4,11-12,14,17H,5-10H2,1H3. The minimum absolute atomic E-state index is 0.684. The highest BCUT2D eigenvalue weighted by atomic mass is 35.5. The van der Waals surface area contributed by atoms with Crippen LogP contribution < -0.4 is 10.1 Å². The molecular formula is C15H22ClNO. The normalized spacial score (nSPS) is 23.9. The molecule has 1 N–H and O–H groups in total. The van der Waals surface area contributed by atoms with Gasteiger partial charge in [-0.1, -0.05) is 24.6 Å². The second-order valence-corrected chi connectivity index (χ2v) is 5.65. The summed E-state index contributed by atoms with van der Waals surface area (Å²) in [7, 11) is 0. The second kappa shape index (κ2) is 7.01. The van der Waals surface area contributed by atoms with Crippen molar-refractivity contribution in [3.63, 3.8) is 0 Å². The predicted molar refractivity (Wildman–Crippen MR) is 76.4 cm³/mol. The van der Waals surface area contributed by atoms with Gasteiger partial charge in [0.25, 0.3) is 0 Å². The Bertz CT molecular complexity index is 361. The third-order valence-electron chi connectivity index (χ3n) is 3.62. The van der Waals surface area contributed by atoms with E-state index in [0.717, 1.165) is 23.2 Å². The topological polar surface area (TPSA) is 21.3 Å². The maximum Gasteiger partial charge on any atom is 0.120 e. The van der Waals surface area contributed by atoms with Crippen LogP contribution >= 0.6 is 11.6 Å². The molecule has 2 nitrogen and oxygen atoms in total. The maximum atomic E-state index is 5.90. The summed E-state index contributed by atoms with van der Waals surface area (Å²) < 4.78 is 5.65. The van der Waals surface area contributed by atoms with E-state index >= 15 is 0 Å². The first-order valence-electron chi connectivity index (χ1n) is 6.86. The molecule has 0 aromatic heterocycles. The smallest absolute Gasteiger partial charge is 0.120 e. The number of benzene rings is 1. The van der Waals surface area contributed by atoms with E-state index in [4.69, 9.17) is 16.3 Å². The van der Waals surface area contributed by atoms with Gasteiger partial charge in [0.2, 0.25) is 0 Å². The highest BCUT2D eigenvalue weighted by molar-refractivity contribution is 6.30. The second-order valence-electron chi connectivity index (χ2n) is 5.22. The van der Waals surface area contributed by atoms with Gasteiger partial charge in [-0.3, -0.25) is 0 Å². The fraction of sp³-hybridized carbons (Fsp3) is 0.600. The van der Waals surface area contributed by atoms with Crippen molar-refractivity contribution in [1.82, 2.24) is 5.32 Å². The minimum Gasteiger partial charge on any atom is -0.492 e. The minimum atomic E-state index is 0.684. The Labute approximate surface area is 115 Å². The first-order valence-corrected chi connectivity index (χ1v) is 7.23. The number of ether oxygens (including phenoxy) is 1. The van der Waals surface area contributed by atoms with Crippen molar-refractivity contribution in [2.75, 3.05) is 13.2 Å². The first kappa shape index (κ1) is 13.7. The molecule has 1 aromatic carbocycles. The molecule has 0 atom stereocenters. The summed E-state index contributed by atoms with van der Waals surface area (Å²) in [6.07, 6.45) is 5.32. The van der Waals surface area contributed by atoms with E-state index in [1.807, 2.05) is 24.3 Å². The maximum absolute atomic E-state index is 5.90. The molecule has 0 radical (unpaired) electrons. The van der Waals surface area contributed by atoms with Crippen LogP contribution in [0, 0.1) is 5.92 Å². The highest BCUT2D eigenvalue weighted by Gasteiger charge is 2.17. The fourth-order valence-electron chi connectivity index (χ4n) is 2.45. The molecule has 18 heavy (non-hydrogen) atoms. The lowest BCUT2D eigenvalue weighted by Gasteiger charge is -2.27. The SMILES string of the molecule is CC1CCC(NCCOc2cccc(Cl)c2)CC1. The average Bonchev–Trinajstić information content (AvgIpc) is 2.37. The van der Waals surface area contributed by atoms with Gasteiger partial charge in [0, 0.05) is 17.6 Å². The zero-order chi connectivity index (χ0) is 12.8. The summed E-state index contributed by atoms with van der Waals surface area (Å²) >= 11 is 5.90. The number of hydrogen-bond donors (Lipinski definition) is 1. The Morgan fingerprint density at radius 1 is 1.28 bits per heavy atom. The molecule has 0 aliphatic heterocycles. The van der Waals surface area contributed by atoms with Crippen molar-refractivity contribution < 1.29 is 4.74 Å². The first-order chi connectivity index (χ1) is 8.74. The van der Waals surface area contributed by atoms with Gasteiger partial charge in [-0.15, -0.1) is 0 Å². The molecule has 1 aliphatic rings.